The number of pyridine rings is 1. The fraction of sp³-hybridized carbons (Fsp3) is 0.412. The van der Waals surface area contributed by atoms with Crippen LogP contribution in [-0.4, -0.2) is 34.8 Å². The van der Waals surface area contributed by atoms with Crippen LogP contribution in [0.1, 0.15) is 23.2 Å². The minimum Gasteiger partial charge on any atom is -0.370 e. The van der Waals surface area contributed by atoms with Crippen molar-refractivity contribution in [3.8, 4) is 6.07 Å². The second-order valence-corrected chi connectivity index (χ2v) is 5.92. The zero-order chi connectivity index (χ0) is 16.2. The van der Waals surface area contributed by atoms with Gasteiger partial charge in [0.2, 0.25) is 0 Å². The molecule has 0 amide bonds. The smallest absolute Gasteiger partial charge is 0.169 e. The lowest BCUT2D eigenvalue weighted by molar-refractivity contribution is 0.620. The first kappa shape index (κ1) is 15.2. The van der Waals surface area contributed by atoms with Gasteiger partial charge in [-0.3, -0.25) is 0 Å². The average molecular weight is 308 g/mol. The van der Waals surface area contributed by atoms with Crippen molar-refractivity contribution in [2.75, 3.05) is 29.9 Å². The Balaban J connectivity index is 1.66. The van der Waals surface area contributed by atoms with Crippen molar-refractivity contribution in [1.82, 2.24) is 15.2 Å². The molecule has 0 aliphatic carbocycles. The molecule has 1 aliphatic rings. The number of anilines is 2. The Morgan fingerprint density at radius 2 is 2.22 bits per heavy atom. The van der Waals surface area contributed by atoms with Crippen LogP contribution in [0.2, 0.25) is 0 Å². The Hall–Kier alpha value is -2.68. The number of nitrogens with zero attached hydrogens (tertiary/aromatic N) is 5. The number of nitriles is 1. The molecular weight excluding hydrogens is 288 g/mol. The number of hydrogen-bond donors (Lipinski definition) is 1. The Morgan fingerprint density at radius 1 is 1.35 bits per heavy atom. The number of aromatic nitrogens is 3. The molecule has 0 bridgehead atoms. The lowest BCUT2D eigenvalue weighted by Gasteiger charge is -2.19. The third-order valence-electron chi connectivity index (χ3n) is 4.37. The molecule has 2 aromatic rings. The zero-order valence-corrected chi connectivity index (χ0v) is 13.5. The van der Waals surface area contributed by atoms with E-state index in [4.69, 9.17) is 0 Å². The van der Waals surface area contributed by atoms with E-state index in [1.165, 1.54) is 0 Å². The number of nitrogens with one attached hydrogen (secondary N) is 1. The van der Waals surface area contributed by atoms with Crippen molar-refractivity contribution in [3.63, 3.8) is 0 Å². The number of aryl methyl sites for hydroxylation is 1. The maximum absolute atomic E-state index is 9.44. The molecule has 1 N–H and O–H groups in total. The van der Waals surface area contributed by atoms with Gasteiger partial charge < -0.3 is 10.2 Å². The topological polar surface area (TPSA) is 77.7 Å². The summed E-state index contributed by atoms with van der Waals surface area (Å²) in [6, 6.07) is 8.13. The van der Waals surface area contributed by atoms with Crippen LogP contribution in [-0.2, 0) is 0 Å². The highest BCUT2D eigenvalue weighted by Gasteiger charge is 2.26. The lowest BCUT2D eigenvalue weighted by atomic mass is 10.1. The first-order valence-electron chi connectivity index (χ1n) is 7.83. The van der Waals surface area contributed by atoms with E-state index in [1.807, 2.05) is 32.0 Å². The molecule has 1 saturated heterocycles. The summed E-state index contributed by atoms with van der Waals surface area (Å²) >= 11 is 0. The molecule has 1 atom stereocenters. The molecule has 0 spiro atoms. The number of rotatable bonds is 4. The van der Waals surface area contributed by atoms with Gasteiger partial charge in [-0.25, -0.2) is 4.98 Å². The fourth-order valence-corrected chi connectivity index (χ4v) is 2.86. The average Bonchev–Trinajstić information content (AvgIpc) is 3.05. The molecule has 0 unspecified atom stereocenters. The van der Waals surface area contributed by atoms with E-state index < -0.39 is 0 Å². The van der Waals surface area contributed by atoms with E-state index in [9.17, 15) is 5.26 Å². The highest BCUT2D eigenvalue weighted by Crippen LogP contribution is 2.27. The molecule has 1 fully saturated rings. The van der Waals surface area contributed by atoms with Crippen LogP contribution < -0.4 is 10.2 Å². The monoisotopic (exact) mass is 308 g/mol. The van der Waals surface area contributed by atoms with Crippen LogP contribution in [0.4, 0.5) is 11.6 Å². The molecule has 0 radical (unpaired) electrons. The van der Waals surface area contributed by atoms with E-state index >= 15 is 0 Å². The van der Waals surface area contributed by atoms with Crippen molar-refractivity contribution in [3.05, 3.63) is 41.2 Å². The van der Waals surface area contributed by atoms with Crippen molar-refractivity contribution in [2.24, 2.45) is 5.92 Å². The summed E-state index contributed by atoms with van der Waals surface area (Å²) in [7, 11) is 0. The minimum absolute atomic E-state index is 0.506. The summed E-state index contributed by atoms with van der Waals surface area (Å²) in [5.41, 5.74) is 2.39. The van der Waals surface area contributed by atoms with E-state index in [1.54, 1.807) is 6.20 Å². The second kappa shape index (κ2) is 6.61. The summed E-state index contributed by atoms with van der Waals surface area (Å²) in [4.78, 5) is 6.44. The van der Waals surface area contributed by atoms with Crippen LogP contribution in [0.15, 0.2) is 24.4 Å². The highest BCUT2D eigenvalue weighted by atomic mass is 15.3. The quantitative estimate of drug-likeness (QED) is 0.934. The molecule has 6 heteroatoms. The highest BCUT2D eigenvalue weighted by molar-refractivity contribution is 5.58. The lowest BCUT2D eigenvalue weighted by Crippen LogP contribution is -2.25. The van der Waals surface area contributed by atoms with Gasteiger partial charge in [0, 0.05) is 25.8 Å². The molecule has 23 heavy (non-hydrogen) atoms. The first-order chi connectivity index (χ1) is 11.2. The van der Waals surface area contributed by atoms with Gasteiger partial charge in [-0.15, -0.1) is 5.10 Å². The Morgan fingerprint density at radius 3 is 2.96 bits per heavy atom. The van der Waals surface area contributed by atoms with Gasteiger partial charge in [-0.2, -0.15) is 10.4 Å². The van der Waals surface area contributed by atoms with Crippen molar-refractivity contribution in [2.45, 2.75) is 20.3 Å². The third-order valence-corrected chi connectivity index (χ3v) is 4.37. The third kappa shape index (κ3) is 3.24. The first-order valence-corrected chi connectivity index (χ1v) is 7.83. The fourth-order valence-electron chi connectivity index (χ4n) is 2.86. The zero-order valence-electron chi connectivity index (χ0n) is 13.5. The Bertz CT molecular complexity index is 722. The molecular formula is C17H20N6. The van der Waals surface area contributed by atoms with E-state index in [0.29, 0.717) is 11.5 Å². The van der Waals surface area contributed by atoms with Crippen LogP contribution in [0.3, 0.4) is 0 Å². The minimum atomic E-state index is 0.506. The summed E-state index contributed by atoms with van der Waals surface area (Å²) in [6.45, 7) is 6.47. The van der Waals surface area contributed by atoms with Crippen LogP contribution >= 0.6 is 0 Å². The van der Waals surface area contributed by atoms with E-state index in [0.717, 1.165) is 48.9 Å². The van der Waals surface area contributed by atoms with Crippen LogP contribution in [0.5, 0.6) is 0 Å². The van der Waals surface area contributed by atoms with E-state index in [2.05, 4.69) is 31.5 Å². The van der Waals surface area contributed by atoms with Gasteiger partial charge in [0.05, 0.1) is 5.69 Å². The van der Waals surface area contributed by atoms with Gasteiger partial charge in [-0.05, 0) is 43.9 Å². The maximum atomic E-state index is 9.44. The standard InChI is InChI=1S/C17H20N6/c1-12-13(2)21-22-17(15(12)9-18)23-8-6-14(11-23)10-20-16-5-3-4-7-19-16/h3-5,7,14H,6,8,10-11H2,1-2H3,(H,19,20)/t14-/m0/s1. The molecule has 6 nitrogen and oxygen atoms in total. The molecule has 0 aromatic carbocycles. The van der Waals surface area contributed by atoms with Gasteiger partial charge >= 0.3 is 0 Å². The Kier molecular flexibility index (Phi) is 4.38. The van der Waals surface area contributed by atoms with Crippen molar-refractivity contribution < 1.29 is 0 Å². The predicted octanol–water partition coefficient (Wildman–Crippen LogP) is 2.30. The normalized spacial score (nSPS) is 17.1. The predicted molar refractivity (Wildman–Crippen MR) is 89.3 cm³/mol. The molecule has 2 aromatic heterocycles. The van der Waals surface area contributed by atoms with Gasteiger partial charge in [0.1, 0.15) is 17.5 Å². The SMILES string of the molecule is Cc1nnc(N2CC[C@@H](CNc3ccccn3)C2)c(C#N)c1C. The van der Waals surface area contributed by atoms with Gasteiger partial charge in [-0.1, -0.05) is 6.07 Å². The second-order valence-electron chi connectivity index (χ2n) is 5.92. The maximum Gasteiger partial charge on any atom is 0.169 e. The summed E-state index contributed by atoms with van der Waals surface area (Å²) < 4.78 is 0. The number of hydrogen-bond acceptors (Lipinski definition) is 6. The van der Waals surface area contributed by atoms with Gasteiger partial charge in [0.25, 0.3) is 0 Å². The largest absolute Gasteiger partial charge is 0.370 e. The van der Waals surface area contributed by atoms with E-state index in [-0.39, 0.29) is 0 Å². The summed E-state index contributed by atoms with van der Waals surface area (Å²) in [6.07, 6.45) is 2.85. The van der Waals surface area contributed by atoms with Gasteiger partial charge in [0.15, 0.2) is 5.82 Å². The summed E-state index contributed by atoms with van der Waals surface area (Å²) in [5, 5.41) is 21.3. The molecule has 118 valence electrons. The Labute approximate surface area is 136 Å². The van der Waals surface area contributed by atoms with Crippen LogP contribution in [0.25, 0.3) is 0 Å². The molecule has 1 aliphatic heterocycles. The summed E-state index contributed by atoms with van der Waals surface area (Å²) in [5.74, 6) is 2.12. The molecule has 3 heterocycles. The molecule has 3 rings (SSSR count). The molecule has 0 saturated carbocycles. The van der Waals surface area contributed by atoms with Crippen molar-refractivity contribution in [1.29, 1.82) is 5.26 Å². The van der Waals surface area contributed by atoms with Crippen molar-refractivity contribution >= 4 is 11.6 Å². The van der Waals surface area contributed by atoms with Crippen LogP contribution in [0, 0.1) is 31.1 Å².